The minimum absolute atomic E-state index is 0.0174. The van der Waals surface area contributed by atoms with Crippen LogP contribution in [0.5, 0.6) is 0 Å². The second-order valence-electron chi connectivity index (χ2n) is 2.86. The van der Waals surface area contributed by atoms with E-state index < -0.39 is 17.7 Å². The molecule has 0 spiro atoms. The molecular weight excluding hydrogens is 176 g/mol. The Morgan fingerprint density at radius 3 is 2.46 bits per heavy atom. The molecule has 0 aromatic heterocycles. The number of aliphatic hydroxyl groups is 1. The summed E-state index contributed by atoms with van der Waals surface area (Å²) in [6.07, 6.45) is -0.573. The van der Waals surface area contributed by atoms with Gasteiger partial charge in [-0.1, -0.05) is 0 Å². The molecule has 0 saturated carbocycles. The van der Waals surface area contributed by atoms with Crippen molar-refractivity contribution in [3.63, 3.8) is 0 Å². The molecule has 2 atom stereocenters. The number of hydrogen-bond acceptors (Lipinski definition) is 4. The van der Waals surface area contributed by atoms with Gasteiger partial charge in [-0.05, 0) is 13.8 Å². The lowest BCUT2D eigenvalue weighted by molar-refractivity contribution is -0.182. The molecule has 0 heterocycles. The maximum Gasteiger partial charge on any atom is 0.338 e. The Labute approximate surface area is 77.3 Å². The summed E-state index contributed by atoms with van der Waals surface area (Å²) in [6.45, 7) is 2.79. The van der Waals surface area contributed by atoms with Crippen molar-refractivity contribution in [1.82, 2.24) is 0 Å². The third kappa shape index (κ3) is 2.95. The molecule has 0 amide bonds. The number of rotatable bonds is 6. The normalized spacial score (nSPS) is 17.8. The standard InChI is InChI=1S/C8H16O5/c1-6(12-3)8(2,7(10)11)13-5-4-9/h6,9H,4-5H2,1-3H3,(H,10,11). The number of methoxy groups -OCH3 is 1. The summed E-state index contributed by atoms with van der Waals surface area (Å²) in [5.41, 5.74) is -1.41. The van der Waals surface area contributed by atoms with Gasteiger partial charge in [-0.3, -0.25) is 0 Å². The third-order valence-electron chi connectivity index (χ3n) is 2.05. The molecule has 0 aromatic rings. The molecule has 0 saturated heterocycles. The van der Waals surface area contributed by atoms with Crippen molar-refractivity contribution in [2.45, 2.75) is 25.6 Å². The van der Waals surface area contributed by atoms with Gasteiger partial charge in [-0.2, -0.15) is 0 Å². The Bertz CT molecular complexity index is 170. The lowest BCUT2D eigenvalue weighted by atomic mass is 10.0. The molecule has 13 heavy (non-hydrogen) atoms. The number of carboxylic acids is 1. The number of hydrogen-bond donors (Lipinski definition) is 2. The van der Waals surface area contributed by atoms with E-state index in [-0.39, 0.29) is 13.2 Å². The molecule has 0 aliphatic rings. The van der Waals surface area contributed by atoms with E-state index >= 15 is 0 Å². The largest absolute Gasteiger partial charge is 0.479 e. The fourth-order valence-corrected chi connectivity index (χ4v) is 0.836. The number of aliphatic hydroxyl groups excluding tert-OH is 1. The van der Waals surface area contributed by atoms with Crippen LogP contribution in [0.3, 0.4) is 0 Å². The van der Waals surface area contributed by atoms with Crippen molar-refractivity contribution in [3.8, 4) is 0 Å². The Morgan fingerprint density at radius 1 is 1.62 bits per heavy atom. The summed E-state index contributed by atoms with van der Waals surface area (Å²) in [4.78, 5) is 10.8. The van der Waals surface area contributed by atoms with Gasteiger partial charge in [0.1, 0.15) is 0 Å². The summed E-state index contributed by atoms with van der Waals surface area (Å²) < 4.78 is 9.90. The molecule has 0 fully saturated rings. The Morgan fingerprint density at radius 2 is 2.15 bits per heavy atom. The minimum atomic E-state index is -1.41. The third-order valence-corrected chi connectivity index (χ3v) is 2.05. The van der Waals surface area contributed by atoms with Gasteiger partial charge in [-0.25, -0.2) is 4.79 Å². The predicted molar refractivity (Wildman–Crippen MR) is 45.5 cm³/mol. The zero-order valence-electron chi connectivity index (χ0n) is 8.11. The Balaban J connectivity index is 4.42. The quantitative estimate of drug-likeness (QED) is 0.613. The van der Waals surface area contributed by atoms with Crippen LogP contribution in [0.25, 0.3) is 0 Å². The molecule has 78 valence electrons. The van der Waals surface area contributed by atoms with Crippen molar-refractivity contribution in [3.05, 3.63) is 0 Å². The molecule has 2 unspecified atom stereocenters. The van der Waals surface area contributed by atoms with E-state index in [0.717, 1.165) is 0 Å². The first-order valence-electron chi connectivity index (χ1n) is 4.00. The van der Waals surface area contributed by atoms with Crippen LogP contribution < -0.4 is 0 Å². The predicted octanol–water partition coefficient (Wildman–Crippen LogP) is -0.127. The van der Waals surface area contributed by atoms with Gasteiger partial charge in [0.25, 0.3) is 0 Å². The van der Waals surface area contributed by atoms with Crippen LogP contribution in [0.2, 0.25) is 0 Å². The number of carbonyl (C=O) groups is 1. The topological polar surface area (TPSA) is 76.0 Å². The Kier molecular flexibility index (Phi) is 4.90. The van der Waals surface area contributed by atoms with Crippen molar-refractivity contribution in [1.29, 1.82) is 0 Å². The van der Waals surface area contributed by atoms with Gasteiger partial charge >= 0.3 is 5.97 Å². The van der Waals surface area contributed by atoms with Gasteiger partial charge in [0.15, 0.2) is 5.60 Å². The first-order valence-corrected chi connectivity index (χ1v) is 4.00. The van der Waals surface area contributed by atoms with E-state index in [0.29, 0.717) is 0 Å². The molecule has 0 aromatic carbocycles. The molecule has 0 rings (SSSR count). The van der Waals surface area contributed by atoms with Crippen LogP contribution in [0.4, 0.5) is 0 Å². The zero-order chi connectivity index (χ0) is 10.5. The summed E-state index contributed by atoms with van der Waals surface area (Å²) in [6, 6.07) is 0. The van der Waals surface area contributed by atoms with Crippen LogP contribution in [0, 0.1) is 0 Å². The van der Waals surface area contributed by atoms with Gasteiger partial charge in [0.2, 0.25) is 0 Å². The summed E-state index contributed by atoms with van der Waals surface area (Å²) in [5.74, 6) is -1.10. The molecule has 0 aliphatic heterocycles. The van der Waals surface area contributed by atoms with E-state index in [1.165, 1.54) is 14.0 Å². The fourth-order valence-electron chi connectivity index (χ4n) is 0.836. The van der Waals surface area contributed by atoms with Crippen molar-refractivity contribution in [2.75, 3.05) is 20.3 Å². The van der Waals surface area contributed by atoms with E-state index in [4.69, 9.17) is 19.7 Å². The lowest BCUT2D eigenvalue weighted by Crippen LogP contribution is -2.49. The van der Waals surface area contributed by atoms with E-state index in [1.54, 1.807) is 6.92 Å². The van der Waals surface area contributed by atoms with Crippen LogP contribution in [0.1, 0.15) is 13.8 Å². The van der Waals surface area contributed by atoms with E-state index in [2.05, 4.69) is 0 Å². The smallest absolute Gasteiger partial charge is 0.338 e. The molecule has 0 bridgehead atoms. The Hall–Kier alpha value is -0.650. The van der Waals surface area contributed by atoms with Gasteiger partial charge in [0.05, 0.1) is 19.3 Å². The lowest BCUT2D eigenvalue weighted by Gasteiger charge is -2.30. The van der Waals surface area contributed by atoms with Crippen LogP contribution >= 0.6 is 0 Å². The van der Waals surface area contributed by atoms with Gasteiger partial charge in [-0.15, -0.1) is 0 Å². The highest BCUT2D eigenvalue weighted by atomic mass is 16.6. The van der Waals surface area contributed by atoms with Crippen LogP contribution in [-0.4, -0.2) is 48.2 Å². The zero-order valence-corrected chi connectivity index (χ0v) is 8.11. The molecule has 0 aliphatic carbocycles. The average molecular weight is 192 g/mol. The monoisotopic (exact) mass is 192 g/mol. The SMILES string of the molecule is COC(C)C(C)(OCCO)C(=O)O. The highest BCUT2D eigenvalue weighted by Crippen LogP contribution is 2.18. The minimum Gasteiger partial charge on any atom is -0.479 e. The highest BCUT2D eigenvalue weighted by Gasteiger charge is 2.40. The van der Waals surface area contributed by atoms with Crippen molar-refractivity contribution in [2.24, 2.45) is 0 Å². The average Bonchev–Trinajstić information content (AvgIpc) is 2.12. The van der Waals surface area contributed by atoms with E-state index in [9.17, 15) is 4.79 Å². The van der Waals surface area contributed by atoms with Crippen molar-refractivity contribution >= 4 is 5.97 Å². The summed E-state index contributed by atoms with van der Waals surface area (Å²) in [7, 11) is 1.41. The second-order valence-corrected chi connectivity index (χ2v) is 2.86. The molecule has 5 heteroatoms. The first-order chi connectivity index (χ1) is 5.99. The molecule has 5 nitrogen and oxygen atoms in total. The van der Waals surface area contributed by atoms with Crippen LogP contribution in [0.15, 0.2) is 0 Å². The van der Waals surface area contributed by atoms with Crippen LogP contribution in [-0.2, 0) is 14.3 Å². The van der Waals surface area contributed by atoms with Gasteiger partial charge in [0, 0.05) is 7.11 Å². The van der Waals surface area contributed by atoms with E-state index in [1.807, 2.05) is 0 Å². The van der Waals surface area contributed by atoms with Crippen molar-refractivity contribution < 1.29 is 24.5 Å². The maximum atomic E-state index is 10.8. The molecular formula is C8H16O5. The molecule has 0 radical (unpaired) electrons. The number of aliphatic carboxylic acids is 1. The number of ether oxygens (including phenoxy) is 2. The second kappa shape index (κ2) is 5.16. The maximum absolute atomic E-state index is 10.8. The summed E-state index contributed by atoms with van der Waals surface area (Å²) in [5, 5.41) is 17.4. The molecule has 2 N–H and O–H groups in total. The fraction of sp³-hybridized carbons (Fsp3) is 0.875. The summed E-state index contributed by atoms with van der Waals surface area (Å²) >= 11 is 0. The van der Waals surface area contributed by atoms with Gasteiger partial charge < -0.3 is 19.7 Å². The highest BCUT2D eigenvalue weighted by molar-refractivity contribution is 5.77. The first kappa shape index (κ1) is 12.3. The number of carboxylic acid groups (broad SMARTS) is 1.